The van der Waals surface area contributed by atoms with Crippen LogP contribution in [0.4, 0.5) is 17.2 Å². The highest BCUT2D eigenvalue weighted by Crippen LogP contribution is 2.41. The van der Waals surface area contributed by atoms with Crippen LogP contribution < -0.4 is 15.9 Å². The van der Waals surface area contributed by atoms with E-state index in [1.807, 2.05) is 13.0 Å². The Bertz CT molecular complexity index is 1250. The molecule has 2 aliphatic rings. The number of hydrogen-bond donors (Lipinski definition) is 3. The molecule has 0 spiro atoms. The van der Waals surface area contributed by atoms with Gasteiger partial charge in [0.25, 0.3) is 0 Å². The van der Waals surface area contributed by atoms with E-state index in [1.165, 1.54) is 5.56 Å². The number of amides is 1. The van der Waals surface area contributed by atoms with Crippen LogP contribution in [-0.2, 0) is 14.1 Å². The molecule has 174 valence electrons. The Kier molecular flexibility index (Phi) is 5.75. The maximum Gasteiger partial charge on any atom is 0.228 e. The number of benzene rings is 1. The van der Waals surface area contributed by atoms with Crippen LogP contribution in [0.25, 0.3) is 11.2 Å². The van der Waals surface area contributed by atoms with E-state index in [0.717, 1.165) is 55.7 Å². The molecule has 2 fully saturated rings. The van der Waals surface area contributed by atoms with Crippen LogP contribution in [0.2, 0.25) is 0 Å². The second kappa shape index (κ2) is 8.58. The number of aryl methyl sites for hydroxylation is 1. The maximum atomic E-state index is 13.3. The highest BCUT2D eigenvalue weighted by molar-refractivity contribution is 7.70. The largest absolute Gasteiger partial charge is 0.381 e. The van der Waals surface area contributed by atoms with Crippen molar-refractivity contribution >= 4 is 46.7 Å². The summed E-state index contributed by atoms with van der Waals surface area (Å²) < 4.78 is 18.8. The highest BCUT2D eigenvalue weighted by Gasteiger charge is 2.30. The Morgan fingerprint density at radius 1 is 1.09 bits per heavy atom. The fourth-order valence-corrected chi connectivity index (χ4v) is 5.54. The van der Waals surface area contributed by atoms with Gasteiger partial charge in [0.15, 0.2) is 5.65 Å². The van der Waals surface area contributed by atoms with Gasteiger partial charge >= 0.3 is 0 Å². The van der Waals surface area contributed by atoms with E-state index in [1.54, 1.807) is 19.4 Å². The molecule has 3 aromatic rings. The minimum atomic E-state index is -2.57. The van der Waals surface area contributed by atoms with E-state index in [-0.39, 0.29) is 11.8 Å². The minimum absolute atomic E-state index is 0.00263. The standard InChI is InChI=1S/C24H30N5O3P/c1-14-25-22-19(13-21(28-23(22)26-14)29-24(30)16-4-5-16)27-18-7-6-17(12-20(18)33(2,3)31)15-8-10-32-11-9-15/h6-7,12-13,15-16H,4-5,8-11H2,1-3H3,(H3,25,26,27,28,29,30). The summed E-state index contributed by atoms with van der Waals surface area (Å²) in [5, 5.41) is 7.19. The number of fused-ring (bicyclic) bond motifs is 1. The van der Waals surface area contributed by atoms with Gasteiger partial charge in [-0.3, -0.25) is 4.79 Å². The fraction of sp³-hybridized carbons (Fsp3) is 0.458. The topological polar surface area (TPSA) is 109 Å². The number of H-pyrrole nitrogens is 1. The first kappa shape index (κ1) is 22.1. The van der Waals surface area contributed by atoms with Crippen molar-refractivity contribution in [1.82, 2.24) is 15.0 Å². The summed E-state index contributed by atoms with van der Waals surface area (Å²) >= 11 is 0. The van der Waals surface area contributed by atoms with Gasteiger partial charge in [-0.05, 0) is 69.6 Å². The molecule has 0 atom stereocenters. The molecule has 3 N–H and O–H groups in total. The van der Waals surface area contributed by atoms with Crippen molar-refractivity contribution in [2.45, 2.75) is 38.5 Å². The summed E-state index contributed by atoms with van der Waals surface area (Å²) in [6, 6.07) is 8.01. The molecule has 1 saturated heterocycles. The summed E-state index contributed by atoms with van der Waals surface area (Å²) in [5.41, 5.74) is 3.98. The van der Waals surface area contributed by atoms with Gasteiger partial charge in [0.05, 0.1) is 5.69 Å². The van der Waals surface area contributed by atoms with Crippen molar-refractivity contribution in [3.63, 3.8) is 0 Å². The molecule has 1 amide bonds. The highest BCUT2D eigenvalue weighted by atomic mass is 31.2. The summed E-state index contributed by atoms with van der Waals surface area (Å²) in [5.74, 6) is 1.71. The number of ether oxygens (including phenoxy) is 1. The number of nitrogens with zero attached hydrogens (tertiary/aromatic N) is 2. The number of carbonyl (C=O) groups is 1. The molecular formula is C24H30N5O3P. The lowest BCUT2D eigenvalue weighted by molar-refractivity contribution is -0.117. The number of imidazole rings is 1. The summed E-state index contributed by atoms with van der Waals surface area (Å²) in [7, 11) is -2.57. The zero-order valence-electron chi connectivity index (χ0n) is 19.3. The molecule has 2 aromatic heterocycles. The van der Waals surface area contributed by atoms with Gasteiger partial charge < -0.3 is 24.9 Å². The van der Waals surface area contributed by atoms with Gasteiger partial charge in [-0.2, -0.15) is 0 Å². The van der Waals surface area contributed by atoms with E-state index >= 15 is 0 Å². The summed E-state index contributed by atoms with van der Waals surface area (Å²) in [6.45, 7) is 6.98. The van der Waals surface area contributed by atoms with E-state index in [9.17, 15) is 9.36 Å². The minimum Gasteiger partial charge on any atom is -0.381 e. The van der Waals surface area contributed by atoms with Crippen molar-refractivity contribution in [3.05, 3.63) is 35.7 Å². The van der Waals surface area contributed by atoms with Crippen LogP contribution >= 0.6 is 7.14 Å². The molecule has 1 aromatic carbocycles. The number of pyridine rings is 1. The first-order chi connectivity index (χ1) is 15.8. The van der Waals surface area contributed by atoms with E-state index in [0.29, 0.717) is 28.6 Å². The van der Waals surface area contributed by atoms with Gasteiger partial charge in [-0.15, -0.1) is 0 Å². The van der Waals surface area contributed by atoms with Gasteiger partial charge in [-0.25, -0.2) is 9.97 Å². The van der Waals surface area contributed by atoms with Crippen LogP contribution in [0.5, 0.6) is 0 Å². The Morgan fingerprint density at radius 3 is 2.55 bits per heavy atom. The van der Waals surface area contributed by atoms with Crippen LogP contribution in [0.15, 0.2) is 24.3 Å². The van der Waals surface area contributed by atoms with Gasteiger partial charge in [0.1, 0.15) is 24.3 Å². The third-order valence-electron chi connectivity index (χ3n) is 6.33. The molecule has 5 rings (SSSR count). The van der Waals surface area contributed by atoms with Crippen molar-refractivity contribution in [2.24, 2.45) is 5.92 Å². The third kappa shape index (κ3) is 4.82. The zero-order valence-corrected chi connectivity index (χ0v) is 20.2. The Labute approximate surface area is 193 Å². The summed E-state index contributed by atoms with van der Waals surface area (Å²) in [4.78, 5) is 24.6. The summed E-state index contributed by atoms with van der Waals surface area (Å²) in [6.07, 6.45) is 3.80. The van der Waals surface area contributed by atoms with Crippen LogP contribution in [0.3, 0.4) is 0 Å². The normalized spacial score (nSPS) is 17.3. The molecule has 0 radical (unpaired) electrons. The lowest BCUT2D eigenvalue weighted by Gasteiger charge is -2.24. The molecule has 1 saturated carbocycles. The van der Waals surface area contributed by atoms with E-state index in [4.69, 9.17) is 4.74 Å². The van der Waals surface area contributed by atoms with Crippen molar-refractivity contribution in [1.29, 1.82) is 0 Å². The zero-order chi connectivity index (χ0) is 23.2. The quantitative estimate of drug-likeness (QED) is 0.461. The van der Waals surface area contributed by atoms with Crippen LogP contribution in [0.1, 0.15) is 43.0 Å². The second-order valence-corrected chi connectivity index (χ2v) is 12.7. The third-order valence-corrected chi connectivity index (χ3v) is 7.87. The smallest absolute Gasteiger partial charge is 0.228 e. The van der Waals surface area contributed by atoms with Gasteiger partial charge in [0, 0.05) is 36.2 Å². The van der Waals surface area contributed by atoms with Crippen LogP contribution in [-0.4, -0.2) is 47.4 Å². The average molecular weight is 468 g/mol. The number of aromatic nitrogens is 3. The Balaban J connectivity index is 1.52. The predicted octanol–water partition coefficient (Wildman–Crippen LogP) is 4.50. The predicted molar refractivity (Wildman–Crippen MR) is 132 cm³/mol. The molecule has 0 bridgehead atoms. The second-order valence-electron chi connectivity index (χ2n) is 9.48. The molecular weight excluding hydrogens is 437 g/mol. The molecule has 33 heavy (non-hydrogen) atoms. The number of nitrogens with one attached hydrogen (secondary N) is 3. The van der Waals surface area contributed by atoms with Gasteiger partial charge in [-0.1, -0.05) is 6.07 Å². The maximum absolute atomic E-state index is 13.3. The number of aromatic amines is 1. The molecule has 3 heterocycles. The monoisotopic (exact) mass is 467 g/mol. The number of hydrogen-bond acceptors (Lipinski definition) is 6. The average Bonchev–Trinajstić information content (AvgIpc) is 3.56. The first-order valence-electron chi connectivity index (χ1n) is 11.5. The number of anilines is 3. The van der Waals surface area contributed by atoms with Gasteiger partial charge in [0.2, 0.25) is 5.91 Å². The SMILES string of the molecule is Cc1nc2c(Nc3ccc(C4CCOCC4)cc3P(C)(C)=O)cc(NC(=O)C3CC3)nc2[nH]1. The van der Waals surface area contributed by atoms with Crippen LogP contribution in [0, 0.1) is 12.8 Å². The molecule has 1 aliphatic heterocycles. The number of rotatable bonds is 6. The van der Waals surface area contributed by atoms with Crippen molar-refractivity contribution < 1.29 is 14.1 Å². The number of carbonyl (C=O) groups excluding carboxylic acids is 1. The molecule has 9 heteroatoms. The Morgan fingerprint density at radius 2 is 1.85 bits per heavy atom. The molecule has 0 unspecified atom stereocenters. The molecule has 8 nitrogen and oxygen atoms in total. The first-order valence-corrected chi connectivity index (χ1v) is 14.1. The lowest BCUT2D eigenvalue weighted by atomic mass is 9.91. The van der Waals surface area contributed by atoms with Crippen molar-refractivity contribution in [3.8, 4) is 0 Å². The fourth-order valence-electron chi connectivity index (χ4n) is 4.37. The molecule has 1 aliphatic carbocycles. The van der Waals surface area contributed by atoms with E-state index in [2.05, 4.69) is 37.7 Å². The van der Waals surface area contributed by atoms with Crippen molar-refractivity contribution in [2.75, 3.05) is 37.2 Å². The Hall–Kier alpha value is -2.70. The lowest BCUT2D eigenvalue weighted by Crippen LogP contribution is -2.17. The van der Waals surface area contributed by atoms with E-state index < -0.39 is 7.14 Å².